The maximum atomic E-state index is 11.1. The summed E-state index contributed by atoms with van der Waals surface area (Å²) in [6, 6.07) is 0.121. The van der Waals surface area contributed by atoms with E-state index in [9.17, 15) is 9.59 Å². The van der Waals surface area contributed by atoms with Crippen molar-refractivity contribution in [1.82, 2.24) is 10.2 Å². The van der Waals surface area contributed by atoms with Crippen molar-refractivity contribution in [2.24, 2.45) is 0 Å². The van der Waals surface area contributed by atoms with Gasteiger partial charge in [0.1, 0.15) is 0 Å². The molecule has 5 heteroatoms. The Morgan fingerprint density at radius 3 is 3.00 bits per heavy atom. The number of aliphatic carboxylic acids is 1. The van der Waals surface area contributed by atoms with Crippen LogP contribution in [-0.2, 0) is 9.59 Å². The van der Waals surface area contributed by atoms with Crippen molar-refractivity contribution < 1.29 is 14.7 Å². The summed E-state index contributed by atoms with van der Waals surface area (Å²) in [4.78, 5) is 23.5. The van der Waals surface area contributed by atoms with Crippen molar-refractivity contribution in [3.8, 4) is 0 Å². The average Bonchev–Trinajstić information content (AvgIpc) is 2.08. The summed E-state index contributed by atoms with van der Waals surface area (Å²) in [7, 11) is 0. The van der Waals surface area contributed by atoms with E-state index >= 15 is 0 Å². The standard InChI is InChI=1S/C9H16N2O3/c1-6(3-9(13)14)11-5-8(12)10-4-7(11)2/h6-7H,3-5H2,1-2H3,(H,10,12)(H,13,14). The number of nitrogens with one attached hydrogen (secondary N) is 1. The number of amides is 1. The lowest BCUT2D eigenvalue weighted by Crippen LogP contribution is -2.56. The molecule has 80 valence electrons. The minimum Gasteiger partial charge on any atom is -0.481 e. The highest BCUT2D eigenvalue weighted by atomic mass is 16.4. The molecule has 0 spiro atoms. The fourth-order valence-electron chi connectivity index (χ4n) is 1.72. The number of carbonyl (C=O) groups is 2. The first-order valence-electron chi connectivity index (χ1n) is 4.75. The fraction of sp³-hybridized carbons (Fsp3) is 0.778. The van der Waals surface area contributed by atoms with Crippen LogP contribution in [0.4, 0.5) is 0 Å². The van der Waals surface area contributed by atoms with Crippen molar-refractivity contribution in [2.45, 2.75) is 32.4 Å². The van der Waals surface area contributed by atoms with Gasteiger partial charge in [0.15, 0.2) is 0 Å². The number of carboxylic acids is 1. The number of hydrogen-bond donors (Lipinski definition) is 2. The van der Waals surface area contributed by atoms with Gasteiger partial charge in [0.05, 0.1) is 13.0 Å². The lowest BCUT2D eigenvalue weighted by molar-refractivity contribution is -0.139. The second kappa shape index (κ2) is 4.41. The number of nitrogens with zero attached hydrogens (tertiary/aromatic N) is 1. The molecule has 2 N–H and O–H groups in total. The van der Waals surface area contributed by atoms with Crippen LogP contribution in [0.5, 0.6) is 0 Å². The van der Waals surface area contributed by atoms with Gasteiger partial charge in [-0.15, -0.1) is 0 Å². The Hall–Kier alpha value is -1.10. The van der Waals surface area contributed by atoms with Crippen LogP contribution in [-0.4, -0.2) is 47.1 Å². The molecule has 5 nitrogen and oxygen atoms in total. The first-order valence-corrected chi connectivity index (χ1v) is 4.75. The summed E-state index contributed by atoms with van der Waals surface area (Å²) < 4.78 is 0. The van der Waals surface area contributed by atoms with E-state index in [0.717, 1.165) is 0 Å². The third kappa shape index (κ3) is 2.70. The highest BCUT2D eigenvalue weighted by Crippen LogP contribution is 2.11. The molecule has 1 amide bonds. The molecule has 0 saturated carbocycles. The van der Waals surface area contributed by atoms with Gasteiger partial charge < -0.3 is 10.4 Å². The molecule has 0 aromatic heterocycles. The molecule has 1 saturated heterocycles. The number of hydrogen-bond acceptors (Lipinski definition) is 3. The van der Waals surface area contributed by atoms with E-state index in [1.807, 2.05) is 18.7 Å². The molecule has 0 bridgehead atoms. The van der Waals surface area contributed by atoms with E-state index in [2.05, 4.69) is 5.32 Å². The maximum absolute atomic E-state index is 11.1. The summed E-state index contributed by atoms with van der Waals surface area (Å²) in [6.07, 6.45) is 0.0810. The Morgan fingerprint density at radius 2 is 2.43 bits per heavy atom. The normalized spacial score (nSPS) is 25.6. The van der Waals surface area contributed by atoms with Crippen LogP contribution in [0, 0.1) is 0 Å². The highest BCUT2D eigenvalue weighted by molar-refractivity contribution is 5.79. The number of carboxylic acid groups (broad SMARTS) is 1. The quantitative estimate of drug-likeness (QED) is 0.654. The van der Waals surface area contributed by atoms with Crippen molar-refractivity contribution in [3.63, 3.8) is 0 Å². The third-order valence-corrected chi connectivity index (χ3v) is 2.52. The second-order valence-electron chi connectivity index (χ2n) is 3.77. The largest absolute Gasteiger partial charge is 0.481 e. The van der Waals surface area contributed by atoms with Gasteiger partial charge in [0, 0.05) is 18.6 Å². The summed E-state index contributed by atoms with van der Waals surface area (Å²) in [5.74, 6) is -0.851. The van der Waals surface area contributed by atoms with Gasteiger partial charge in [0.2, 0.25) is 5.91 Å². The molecular formula is C9H16N2O3. The van der Waals surface area contributed by atoms with Crippen molar-refractivity contribution >= 4 is 11.9 Å². The zero-order valence-electron chi connectivity index (χ0n) is 8.49. The summed E-state index contributed by atoms with van der Waals surface area (Å²) >= 11 is 0. The summed E-state index contributed by atoms with van der Waals surface area (Å²) in [5.41, 5.74) is 0. The van der Waals surface area contributed by atoms with E-state index in [0.29, 0.717) is 13.1 Å². The molecule has 2 atom stereocenters. The minimum absolute atomic E-state index is 0.0275. The number of carbonyl (C=O) groups excluding carboxylic acids is 1. The Morgan fingerprint density at radius 1 is 1.79 bits per heavy atom. The van der Waals surface area contributed by atoms with E-state index in [1.165, 1.54) is 0 Å². The molecule has 0 aliphatic carbocycles. The fourth-order valence-corrected chi connectivity index (χ4v) is 1.72. The topological polar surface area (TPSA) is 69.6 Å². The van der Waals surface area contributed by atoms with Crippen LogP contribution in [0.1, 0.15) is 20.3 Å². The molecule has 1 heterocycles. The van der Waals surface area contributed by atoms with E-state index in [-0.39, 0.29) is 24.4 Å². The van der Waals surface area contributed by atoms with Gasteiger partial charge in [-0.25, -0.2) is 0 Å². The first-order chi connectivity index (χ1) is 6.50. The van der Waals surface area contributed by atoms with Crippen LogP contribution in [0.2, 0.25) is 0 Å². The molecule has 1 aliphatic rings. The Labute approximate surface area is 83.1 Å². The number of piperazine rings is 1. The molecule has 0 aromatic rings. The molecule has 0 aromatic carbocycles. The predicted molar refractivity (Wildman–Crippen MR) is 50.9 cm³/mol. The van der Waals surface area contributed by atoms with Gasteiger partial charge in [-0.1, -0.05) is 0 Å². The van der Waals surface area contributed by atoms with Gasteiger partial charge in [-0.05, 0) is 13.8 Å². The average molecular weight is 200 g/mol. The molecule has 14 heavy (non-hydrogen) atoms. The van der Waals surface area contributed by atoms with E-state index in [1.54, 1.807) is 0 Å². The first kappa shape index (κ1) is 11.0. The Balaban J connectivity index is 2.55. The monoisotopic (exact) mass is 200 g/mol. The van der Waals surface area contributed by atoms with Gasteiger partial charge >= 0.3 is 5.97 Å². The van der Waals surface area contributed by atoms with Crippen molar-refractivity contribution in [3.05, 3.63) is 0 Å². The predicted octanol–water partition coefficient (Wildman–Crippen LogP) is -0.330. The highest BCUT2D eigenvalue weighted by Gasteiger charge is 2.27. The van der Waals surface area contributed by atoms with E-state index < -0.39 is 5.97 Å². The lowest BCUT2D eigenvalue weighted by Gasteiger charge is -2.37. The molecule has 2 unspecified atom stereocenters. The lowest BCUT2D eigenvalue weighted by atomic mass is 10.1. The number of rotatable bonds is 3. The van der Waals surface area contributed by atoms with Crippen LogP contribution < -0.4 is 5.32 Å². The Bertz CT molecular complexity index is 242. The third-order valence-electron chi connectivity index (χ3n) is 2.52. The zero-order valence-corrected chi connectivity index (χ0v) is 8.49. The minimum atomic E-state index is -0.823. The summed E-state index contributed by atoms with van der Waals surface area (Å²) in [5, 5.41) is 11.4. The van der Waals surface area contributed by atoms with Crippen LogP contribution >= 0.6 is 0 Å². The molecule has 1 aliphatic heterocycles. The second-order valence-corrected chi connectivity index (χ2v) is 3.77. The zero-order chi connectivity index (χ0) is 10.7. The SMILES string of the molecule is CC1CNC(=O)CN1C(C)CC(=O)O. The van der Waals surface area contributed by atoms with Crippen LogP contribution in [0.3, 0.4) is 0 Å². The van der Waals surface area contributed by atoms with Crippen molar-refractivity contribution in [1.29, 1.82) is 0 Å². The molecular weight excluding hydrogens is 184 g/mol. The smallest absolute Gasteiger partial charge is 0.304 e. The molecule has 0 radical (unpaired) electrons. The van der Waals surface area contributed by atoms with E-state index in [4.69, 9.17) is 5.11 Å². The van der Waals surface area contributed by atoms with Crippen LogP contribution in [0.15, 0.2) is 0 Å². The summed E-state index contributed by atoms with van der Waals surface area (Å²) in [6.45, 7) is 4.72. The van der Waals surface area contributed by atoms with Crippen molar-refractivity contribution in [2.75, 3.05) is 13.1 Å². The van der Waals surface area contributed by atoms with Gasteiger partial charge in [0.25, 0.3) is 0 Å². The maximum Gasteiger partial charge on any atom is 0.304 e. The molecule has 1 fully saturated rings. The van der Waals surface area contributed by atoms with Gasteiger partial charge in [-0.3, -0.25) is 14.5 Å². The molecule has 1 rings (SSSR count). The Kier molecular flexibility index (Phi) is 3.46. The van der Waals surface area contributed by atoms with Gasteiger partial charge in [-0.2, -0.15) is 0 Å². The van der Waals surface area contributed by atoms with Crippen LogP contribution in [0.25, 0.3) is 0 Å².